The maximum absolute atomic E-state index is 12.8. The lowest BCUT2D eigenvalue weighted by Gasteiger charge is -2.35. The van der Waals surface area contributed by atoms with Crippen molar-refractivity contribution in [2.24, 2.45) is 0 Å². The lowest BCUT2D eigenvalue weighted by molar-refractivity contribution is -0.127. The summed E-state index contributed by atoms with van der Waals surface area (Å²) in [6.45, 7) is 5.11. The van der Waals surface area contributed by atoms with Gasteiger partial charge >= 0.3 is 0 Å². The Morgan fingerprint density at radius 1 is 1.03 bits per heavy atom. The number of likely N-dealkylation sites (tertiary alicyclic amines) is 1. The predicted molar refractivity (Wildman–Crippen MR) is 118 cm³/mol. The molecule has 30 heavy (non-hydrogen) atoms. The monoisotopic (exact) mass is 406 g/mol. The number of benzene rings is 2. The Balaban J connectivity index is 1.76. The van der Waals surface area contributed by atoms with Crippen LogP contribution in [0.15, 0.2) is 65.9 Å². The fourth-order valence-corrected chi connectivity index (χ4v) is 4.04. The van der Waals surface area contributed by atoms with Gasteiger partial charge in [-0.1, -0.05) is 42.5 Å². The number of rotatable bonds is 6. The average Bonchev–Trinajstić information content (AvgIpc) is 2.77. The average molecular weight is 407 g/mol. The van der Waals surface area contributed by atoms with Gasteiger partial charge in [0.2, 0.25) is 5.91 Å². The summed E-state index contributed by atoms with van der Waals surface area (Å²) in [7, 11) is 1.69. The fourth-order valence-electron chi connectivity index (χ4n) is 4.04. The summed E-state index contributed by atoms with van der Waals surface area (Å²) in [6, 6.07) is 18.2. The number of nitrogens with zero attached hydrogens (tertiary/aromatic N) is 1. The van der Waals surface area contributed by atoms with Crippen molar-refractivity contribution in [3.8, 4) is 5.75 Å². The first kappa shape index (κ1) is 21.6. The van der Waals surface area contributed by atoms with Crippen LogP contribution >= 0.6 is 0 Å². The number of nitrogens with one attached hydrogen (secondary N) is 1. The zero-order chi connectivity index (χ0) is 21.5. The number of carbonyl (C=O) groups excluding carboxylic acids is 2. The molecule has 5 nitrogen and oxygen atoms in total. The highest BCUT2D eigenvalue weighted by atomic mass is 16.5. The van der Waals surface area contributed by atoms with Gasteiger partial charge in [0, 0.05) is 37.7 Å². The molecule has 158 valence electrons. The fraction of sp³-hybridized carbons (Fsp3) is 0.360. The predicted octanol–water partition coefficient (Wildman–Crippen LogP) is 4.05. The minimum atomic E-state index is -0.338. The Kier molecular flexibility index (Phi) is 7.28. The third-order valence-corrected chi connectivity index (χ3v) is 5.76. The van der Waals surface area contributed by atoms with Crippen molar-refractivity contribution in [1.82, 2.24) is 10.2 Å². The third-order valence-electron chi connectivity index (χ3n) is 5.76. The minimum Gasteiger partial charge on any atom is -0.497 e. The van der Waals surface area contributed by atoms with Gasteiger partial charge in [-0.25, -0.2) is 0 Å². The van der Waals surface area contributed by atoms with E-state index < -0.39 is 0 Å². The van der Waals surface area contributed by atoms with Gasteiger partial charge in [0.05, 0.1) is 7.11 Å². The zero-order valence-electron chi connectivity index (χ0n) is 18.0. The highest BCUT2D eigenvalue weighted by molar-refractivity contribution is 6.04. The molecule has 1 heterocycles. The van der Waals surface area contributed by atoms with E-state index in [1.54, 1.807) is 7.11 Å². The number of hydrogen-bond acceptors (Lipinski definition) is 4. The van der Waals surface area contributed by atoms with Crippen LogP contribution < -0.4 is 10.1 Å². The van der Waals surface area contributed by atoms with Gasteiger partial charge in [-0.3, -0.25) is 14.9 Å². The van der Waals surface area contributed by atoms with E-state index in [9.17, 15) is 9.59 Å². The molecule has 2 amide bonds. The Morgan fingerprint density at radius 2 is 1.73 bits per heavy atom. The molecule has 0 unspecified atom stereocenters. The molecule has 0 aliphatic carbocycles. The van der Waals surface area contributed by atoms with Gasteiger partial charge in [-0.15, -0.1) is 0 Å². The van der Waals surface area contributed by atoms with Crippen molar-refractivity contribution in [3.63, 3.8) is 0 Å². The molecule has 0 aromatic heterocycles. The van der Waals surface area contributed by atoms with Crippen molar-refractivity contribution in [1.29, 1.82) is 0 Å². The number of allylic oxidation sites excluding steroid dienone is 1. The summed E-state index contributed by atoms with van der Waals surface area (Å²) in [5.41, 5.74) is 3.95. The second-order valence-electron chi connectivity index (χ2n) is 7.77. The maximum atomic E-state index is 12.8. The van der Waals surface area contributed by atoms with Crippen LogP contribution in [-0.2, 0) is 16.0 Å². The Hall–Kier alpha value is -3.08. The second kappa shape index (κ2) is 10.1. The van der Waals surface area contributed by atoms with Crippen LogP contribution in [0.25, 0.3) is 0 Å². The smallest absolute Gasteiger partial charge is 0.255 e. The lowest BCUT2D eigenvalue weighted by atomic mass is 9.89. The highest BCUT2D eigenvalue weighted by Crippen LogP contribution is 2.32. The second-order valence-corrected chi connectivity index (χ2v) is 7.77. The van der Waals surface area contributed by atoms with Gasteiger partial charge in [0.1, 0.15) is 5.75 Å². The van der Waals surface area contributed by atoms with E-state index in [-0.39, 0.29) is 11.8 Å². The Labute approximate surface area is 178 Å². The molecule has 0 saturated carbocycles. The van der Waals surface area contributed by atoms with Crippen LogP contribution in [0.3, 0.4) is 0 Å². The van der Waals surface area contributed by atoms with Crippen molar-refractivity contribution in [3.05, 3.63) is 77.0 Å². The summed E-state index contributed by atoms with van der Waals surface area (Å²) in [4.78, 5) is 26.5. The van der Waals surface area contributed by atoms with Gasteiger partial charge < -0.3 is 9.64 Å². The summed E-state index contributed by atoms with van der Waals surface area (Å²) in [5, 5.41) is 2.45. The maximum Gasteiger partial charge on any atom is 0.255 e. The topological polar surface area (TPSA) is 58.6 Å². The van der Waals surface area contributed by atoms with Crippen LogP contribution in [0, 0.1) is 0 Å². The molecule has 1 N–H and O–H groups in total. The van der Waals surface area contributed by atoms with Crippen LogP contribution in [0.2, 0.25) is 0 Å². The molecular formula is C25H30N2O3. The molecule has 2 aromatic rings. The first-order valence-electron chi connectivity index (χ1n) is 10.4. The number of imide groups is 1. The Morgan fingerprint density at radius 3 is 2.37 bits per heavy atom. The first-order valence-corrected chi connectivity index (χ1v) is 10.4. The number of carbonyl (C=O) groups is 2. The van der Waals surface area contributed by atoms with Crippen LogP contribution in [0.1, 0.15) is 43.7 Å². The van der Waals surface area contributed by atoms with Crippen molar-refractivity contribution in [2.45, 2.75) is 39.0 Å². The number of piperidine rings is 1. The molecular weight excluding hydrogens is 376 g/mol. The molecule has 0 radical (unpaired) electrons. The molecule has 5 heteroatoms. The van der Waals surface area contributed by atoms with Crippen LogP contribution in [0.4, 0.5) is 0 Å². The molecule has 1 aliphatic heterocycles. The van der Waals surface area contributed by atoms with E-state index in [2.05, 4.69) is 22.3 Å². The SMILES string of the molecule is COc1cccc(C2CCN(/C(C)=C(\Cc3ccccc3)C(=O)NC(C)=O)CC2)c1. The Bertz CT molecular complexity index is 913. The van der Waals surface area contributed by atoms with E-state index >= 15 is 0 Å². The summed E-state index contributed by atoms with van der Waals surface area (Å²) in [5.74, 6) is 0.721. The van der Waals surface area contributed by atoms with Crippen LogP contribution in [0.5, 0.6) is 5.75 Å². The third kappa shape index (κ3) is 5.50. The minimum absolute atomic E-state index is 0.307. The van der Waals surface area contributed by atoms with E-state index in [0.717, 1.165) is 42.9 Å². The van der Waals surface area contributed by atoms with Gasteiger partial charge in [0.25, 0.3) is 5.91 Å². The lowest BCUT2D eigenvalue weighted by Crippen LogP contribution is -2.36. The molecule has 1 fully saturated rings. The number of amides is 2. The molecule has 1 saturated heterocycles. The van der Waals surface area contributed by atoms with E-state index in [4.69, 9.17) is 4.74 Å². The normalized spacial score (nSPS) is 15.4. The standard InChI is InChI=1S/C25H30N2O3/c1-18(24(25(29)26-19(2)28)16-20-8-5-4-6-9-20)27-14-12-21(13-15-27)22-10-7-11-23(17-22)30-3/h4-11,17,21H,12-16H2,1-3H3,(H,26,28,29)/b24-18+. The quantitative estimate of drug-likeness (QED) is 0.735. The molecule has 0 spiro atoms. The molecule has 3 rings (SSSR count). The van der Waals surface area contributed by atoms with Crippen molar-refractivity contribution >= 4 is 11.8 Å². The number of methoxy groups -OCH3 is 1. The summed E-state index contributed by atoms with van der Waals surface area (Å²) < 4.78 is 5.36. The van der Waals surface area contributed by atoms with Crippen molar-refractivity contribution < 1.29 is 14.3 Å². The largest absolute Gasteiger partial charge is 0.497 e. The van der Waals surface area contributed by atoms with Gasteiger partial charge in [0.15, 0.2) is 0 Å². The van der Waals surface area contributed by atoms with Crippen molar-refractivity contribution in [2.75, 3.05) is 20.2 Å². The molecule has 0 atom stereocenters. The van der Waals surface area contributed by atoms with E-state index in [0.29, 0.717) is 17.9 Å². The summed E-state index contributed by atoms with van der Waals surface area (Å²) in [6.07, 6.45) is 2.52. The number of hydrogen-bond donors (Lipinski definition) is 1. The molecule has 0 bridgehead atoms. The zero-order valence-corrected chi connectivity index (χ0v) is 18.0. The van der Waals surface area contributed by atoms with Gasteiger partial charge in [-0.05, 0) is 48.9 Å². The van der Waals surface area contributed by atoms with Crippen LogP contribution in [-0.4, -0.2) is 36.9 Å². The highest BCUT2D eigenvalue weighted by Gasteiger charge is 2.24. The van der Waals surface area contributed by atoms with E-state index in [1.165, 1.54) is 12.5 Å². The number of ether oxygens (including phenoxy) is 1. The van der Waals surface area contributed by atoms with E-state index in [1.807, 2.05) is 49.4 Å². The van der Waals surface area contributed by atoms with Gasteiger partial charge in [-0.2, -0.15) is 0 Å². The molecule has 1 aliphatic rings. The molecule has 2 aromatic carbocycles. The first-order chi connectivity index (χ1) is 14.5. The summed E-state index contributed by atoms with van der Waals surface area (Å²) >= 11 is 0.